The first kappa shape index (κ1) is 8.48. The number of aliphatic hydroxyl groups excluding tert-OH is 1. The fourth-order valence-corrected chi connectivity index (χ4v) is 2.56. The number of rotatable bonds is 2. The lowest BCUT2D eigenvalue weighted by molar-refractivity contribution is -0.0332. The van der Waals surface area contributed by atoms with Crippen molar-refractivity contribution in [1.82, 2.24) is 9.80 Å². The van der Waals surface area contributed by atoms with E-state index < -0.39 is 0 Å². The van der Waals surface area contributed by atoms with Gasteiger partial charge in [0.05, 0.1) is 0 Å². The highest BCUT2D eigenvalue weighted by Gasteiger charge is 2.35. The van der Waals surface area contributed by atoms with Gasteiger partial charge in [0.15, 0.2) is 0 Å². The number of nitrogens with zero attached hydrogens (tertiary/aromatic N) is 2. The first-order chi connectivity index (χ1) is 5.81. The topological polar surface area (TPSA) is 26.7 Å². The molecule has 1 N–H and O–H groups in total. The number of piperazine rings is 3. The van der Waals surface area contributed by atoms with Crippen molar-refractivity contribution in [2.24, 2.45) is 0 Å². The van der Waals surface area contributed by atoms with E-state index in [2.05, 4.69) is 16.7 Å². The Balaban J connectivity index is 1.99. The maximum Gasteiger partial charge on any atom is 0.0446 e. The van der Waals surface area contributed by atoms with Gasteiger partial charge in [0.1, 0.15) is 0 Å². The van der Waals surface area contributed by atoms with Crippen molar-refractivity contribution in [3.63, 3.8) is 0 Å². The quantitative estimate of drug-likeness (QED) is 0.619. The van der Waals surface area contributed by atoms with Crippen LogP contribution in [0.15, 0.2) is 0 Å². The molecule has 3 rings (SSSR count). The van der Waals surface area contributed by atoms with E-state index in [4.69, 9.17) is 5.11 Å². The molecule has 3 fully saturated rings. The Morgan fingerprint density at radius 2 is 2.17 bits per heavy atom. The molecule has 3 heteroatoms. The second kappa shape index (κ2) is 3.32. The van der Waals surface area contributed by atoms with Crippen LogP contribution in [0.4, 0.5) is 0 Å². The van der Waals surface area contributed by atoms with E-state index in [9.17, 15) is 0 Å². The molecule has 4 unspecified atom stereocenters. The Labute approximate surface area is 74.0 Å². The average Bonchev–Trinajstić information content (AvgIpc) is 2.05. The second-order valence-electron chi connectivity index (χ2n) is 4.01. The molecule has 0 amide bonds. The van der Waals surface area contributed by atoms with Gasteiger partial charge in [-0.15, -0.1) is 0 Å². The summed E-state index contributed by atoms with van der Waals surface area (Å²) in [6.45, 7) is 7.45. The molecule has 0 aliphatic carbocycles. The minimum atomic E-state index is 0.335. The van der Waals surface area contributed by atoms with Crippen LogP contribution >= 0.6 is 0 Å². The van der Waals surface area contributed by atoms with Gasteiger partial charge in [0, 0.05) is 44.9 Å². The highest BCUT2D eigenvalue weighted by Crippen LogP contribution is 2.22. The van der Waals surface area contributed by atoms with Crippen molar-refractivity contribution in [2.45, 2.75) is 25.4 Å². The highest BCUT2D eigenvalue weighted by atomic mass is 16.3. The van der Waals surface area contributed by atoms with Gasteiger partial charge >= 0.3 is 0 Å². The van der Waals surface area contributed by atoms with Crippen molar-refractivity contribution in [1.29, 1.82) is 0 Å². The third-order valence-electron chi connectivity index (χ3n) is 3.16. The Morgan fingerprint density at radius 3 is 2.75 bits per heavy atom. The molecule has 0 aromatic rings. The second-order valence-corrected chi connectivity index (χ2v) is 4.01. The van der Waals surface area contributed by atoms with Crippen molar-refractivity contribution in [3.05, 3.63) is 0 Å². The summed E-state index contributed by atoms with van der Waals surface area (Å²) in [7, 11) is 0. The molecule has 3 nitrogen and oxygen atoms in total. The maximum atomic E-state index is 8.89. The number of fused-ring (bicyclic) bond motifs is 3. The zero-order valence-corrected chi connectivity index (χ0v) is 7.74. The molecule has 0 radical (unpaired) electrons. The van der Waals surface area contributed by atoms with E-state index in [1.54, 1.807) is 0 Å². The summed E-state index contributed by atoms with van der Waals surface area (Å²) in [4.78, 5) is 5.07. The van der Waals surface area contributed by atoms with Crippen LogP contribution in [0, 0.1) is 0 Å². The molecule has 2 bridgehead atoms. The van der Waals surface area contributed by atoms with Crippen molar-refractivity contribution in [2.75, 3.05) is 32.8 Å². The molecule has 3 aliphatic rings. The van der Waals surface area contributed by atoms with Gasteiger partial charge in [-0.2, -0.15) is 0 Å². The zero-order valence-electron chi connectivity index (χ0n) is 7.74. The molecule has 70 valence electrons. The predicted molar refractivity (Wildman–Crippen MR) is 48.1 cm³/mol. The summed E-state index contributed by atoms with van der Waals surface area (Å²) in [6, 6.07) is 1.32. The first-order valence-corrected chi connectivity index (χ1v) is 4.90. The fourth-order valence-electron chi connectivity index (χ4n) is 2.56. The predicted octanol–water partition coefficient (Wildman–Crippen LogP) is -0.243. The van der Waals surface area contributed by atoms with Crippen molar-refractivity contribution in [3.8, 4) is 0 Å². The smallest absolute Gasteiger partial charge is 0.0446 e. The van der Waals surface area contributed by atoms with Crippen molar-refractivity contribution < 1.29 is 5.11 Å². The third kappa shape index (κ3) is 1.37. The number of hydrogen-bond acceptors (Lipinski definition) is 3. The van der Waals surface area contributed by atoms with Gasteiger partial charge in [-0.3, -0.25) is 9.80 Å². The van der Waals surface area contributed by atoms with Gasteiger partial charge in [-0.25, -0.2) is 0 Å². The first-order valence-electron chi connectivity index (χ1n) is 4.90. The Hall–Kier alpha value is -0.120. The summed E-state index contributed by atoms with van der Waals surface area (Å²) in [6.07, 6.45) is 0.945. The van der Waals surface area contributed by atoms with E-state index in [1.807, 2.05) is 0 Å². The van der Waals surface area contributed by atoms with Crippen LogP contribution in [0.2, 0.25) is 0 Å². The van der Waals surface area contributed by atoms with E-state index in [0.29, 0.717) is 18.7 Å². The van der Waals surface area contributed by atoms with Gasteiger partial charge < -0.3 is 5.11 Å². The molecule has 4 atom stereocenters. The lowest BCUT2D eigenvalue weighted by Crippen LogP contribution is -2.64. The average molecular weight is 170 g/mol. The van der Waals surface area contributed by atoms with E-state index in [1.165, 1.54) is 26.2 Å². The number of aliphatic hydroxyl groups is 1. The summed E-state index contributed by atoms with van der Waals surface area (Å²) in [5.74, 6) is 0. The lowest BCUT2D eigenvalue weighted by Gasteiger charge is -2.51. The van der Waals surface area contributed by atoms with Crippen LogP contribution < -0.4 is 0 Å². The largest absolute Gasteiger partial charge is 0.396 e. The van der Waals surface area contributed by atoms with Crippen LogP contribution in [-0.2, 0) is 0 Å². The molecular weight excluding hydrogens is 152 g/mol. The summed E-state index contributed by atoms with van der Waals surface area (Å²) in [5, 5.41) is 8.89. The Bertz CT molecular complexity index is 163. The highest BCUT2D eigenvalue weighted by molar-refractivity contribution is 4.92. The molecule has 3 heterocycles. The molecule has 0 spiro atoms. The zero-order chi connectivity index (χ0) is 8.55. The molecular formula is C9H18N2O. The number of hydrogen-bond donors (Lipinski definition) is 1. The van der Waals surface area contributed by atoms with E-state index >= 15 is 0 Å². The molecule has 3 saturated heterocycles. The molecule has 0 aromatic carbocycles. The molecule has 0 aromatic heterocycles. The van der Waals surface area contributed by atoms with Crippen LogP contribution in [0.1, 0.15) is 13.3 Å². The maximum absolute atomic E-state index is 8.89. The normalized spacial score (nSPS) is 46.5. The Kier molecular flexibility index (Phi) is 2.35. The van der Waals surface area contributed by atoms with Crippen LogP contribution in [0.25, 0.3) is 0 Å². The lowest BCUT2D eigenvalue weighted by atomic mass is 10.0. The molecule has 0 saturated carbocycles. The Morgan fingerprint density at radius 1 is 1.33 bits per heavy atom. The van der Waals surface area contributed by atoms with E-state index in [-0.39, 0.29) is 0 Å². The minimum Gasteiger partial charge on any atom is -0.396 e. The SMILES string of the molecule is CC1CN2CCN1C(CCO)C2. The van der Waals surface area contributed by atoms with Crippen LogP contribution in [0.3, 0.4) is 0 Å². The van der Waals surface area contributed by atoms with Gasteiger partial charge in [-0.05, 0) is 13.3 Å². The van der Waals surface area contributed by atoms with Crippen LogP contribution in [-0.4, -0.2) is 59.8 Å². The summed E-state index contributed by atoms with van der Waals surface area (Å²) >= 11 is 0. The van der Waals surface area contributed by atoms with E-state index in [0.717, 1.165) is 6.42 Å². The van der Waals surface area contributed by atoms with Gasteiger partial charge in [0.25, 0.3) is 0 Å². The molecule has 12 heavy (non-hydrogen) atoms. The van der Waals surface area contributed by atoms with Gasteiger partial charge in [0.2, 0.25) is 0 Å². The third-order valence-corrected chi connectivity index (χ3v) is 3.16. The van der Waals surface area contributed by atoms with Crippen molar-refractivity contribution >= 4 is 0 Å². The van der Waals surface area contributed by atoms with Crippen LogP contribution in [0.5, 0.6) is 0 Å². The monoisotopic (exact) mass is 170 g/mol. The summed E-state index contributed by atoms with van der Waals surface area (Å²) < 4.78 is 0. The van der Waals surface area contributed by atoms with Gasteiger partial charge in [-0.1, -0.05) is 0 Å². The minimum absolute atomic E-state index is 0.335. The fraction of sp³-hybridized carbons (Fsp3) is 1.00. The standard InChI is InChI=1S/C9H18N2O/c1-8-6-10-3-4-11(8)9(7-10)2-5-12/h8-9,12H,2-7H2,1H3. The molecule has 3 aliphatic heterocycles. The summed E-state index contributed by atoms with van der Waals surface area (Å²) in [5.41, 5.74) is 0.